The van der Waals surface area contributed by atoms with E-state index >= 15 is 0 Å². The molecule has 0 bridgehead atoms. The van der Waals surface area contributed by atoms with Crippen LogP contribution < -0.4 is 0 Å². The van der Waals surface area contributed by atoms with E-state index in [1.165, 1.54) is 43.2 Å². The monoisotopic (exact) mass is 322 g/mol. The van der Waals surface area contributed by atoms with E-state index in [-0.39, 0.29) is 5.41 Å². The molecule has 1 unspecified atom stereocenters. The third-order valence-corrected chi connectivity index (χ3v) is 6.41. The third kappa shape index (κ3) is 3.07. The summed E-state index contributed by atoms with van der Waals surface area (Å²) in [7, 11) is 0. The molecule has 0 aromatic heterocycles. The maximum atomic E-state index is 4.01. The van der Waals surface area contributed by atoms with E-state index in [1.807, 2.05) is 0 Å². The number of halogens is 1. The molecular formula is C18H27Br. The normalized spacial score (nSPS) is 20.5. The van der Waals surface area contributed by atoms with E-state index < -0.39 is 0 Å². The molecule has 0 spiro atoms. The number of benzene rings is 1. The van der Waals surface area contributed by atoms with E-state index in [1.54, 1.807) is 0 Å². The Morgan fingerprint density at radius 1 is 1.11 bits per heavy atom. The average molecular weight is 323 g/mol. The smallest absolute Gasteiger partial charge is 0.0451 e. The molecule has 1 heteroatoms. The summed E-state index contributed by atoms with van der Waals surface area (Å²) in [5.41, 5.74) is 3.61. The second kappa shape index (κ2) is 5.60. The maximum Gasteiger partial charge on any atom is 0.0451 e. The summed E-state index contributed by atoms with van der Waals surface area (Å²) in [6.07, 6.45) is 6.83. The summed E-state index contributed by atoms with van der Waals surface area (Å²) in [6.45, 7) is 9.18. The SMILES string of the molecule is CCC1(C(Br)c2ccc(C(C)(C)C)cc2)CCCC1. The van der Waals surface area contributed by atoms with Crippen molar-refractivity contribution in [3.8, 4) is 0 Å². The second-order valence-electron chi connectivity index (χ2n) is 7.16. The zero-order valence-electron chi connectivity index (χ0n) is 12.8. The fourth-order valence-electron chi connectivity index (χ4n) is 3.37. The van der Waals surface area contributed by atoms with Crippen molar-refractivity contribution in [2.45, 2.75) is 70.0 Å². The molecule has 1 saturated carbocycles. The molecule has 1 aromatic carbocycles. The predicted molar refractivity (Wildman–Crippen MR) is 88.0 cm³/mol. The summed E-state index contributed by atoms with van der Waals surface area (Å²) < 4.78 is 0. The first kappa shape index (κ1) is 15.1. The van der Waals surface area contributed by atoms with Crippen molar-refractivity contribution in [3.63, 3.8) is 0 Å². The minimum Gasteiger partial charge on any atom is -0.0833 e. The van der Waals surface area contributed by atoms with Crippen molar-refractivity contribution in [2.24, 2.45) is 5.41 Å². The number of rotatable bonds is 3. The van der Waals surface area contributed by atoms with Gasteiger partial charge in [0.25, 0.3) is 0 Å². The minimum atomic E-state index is 0.246. The van der Waals surface area contributed by atoms with Gasteiger partial charge in [-0.2, -0.15) is 0 Å². The quantitative estimate of drug-likeness (QED) is 0.565. The lowest BCUT2D eigenvalue weighted by Crippen LogP contribution is -2.21. The van der Waals surface area contributed by atoms with Gasteiger partial charge in [-0.3, -0.25) is 0 Å². The van der Waals surface area contributed by atoms with Crippen molar-refractivity contribution in [1.82, 2.24) is 0 Å². The Labute approximate surface area is 127 Å². The fraction of sp³-hybridized carbons (Fsp3) is 0.667. The summed E-state index contributed by atoms with van der Waals surface area (Å²) in [4.78, 5) is 0.515. The zero-order valence-corrected chi connectivity index (χ0v) is 14.4. The van der Waals surface area contributed by atoms with Crippen LogP contribution >= 0.6 is 15.9 Å². The second-order valence-corrected chi connectivity index (χ2v) is 8.07. The van der Waals surface area contributed by atoms with E-state index in [0.29, 0.717) is 10.2 Å². The van der Waals surface area contributed by atoms with Gasteiger partial charge in [-0.05, 0) is 41.2 Å². The first-order valence-corrected chi connectivity index (χ1v) is 8.55. The Balaban J connectivity index is 2.22. The average Bonchev–Trinajstić information content (AvgIpc) is 2.87. The lowest BCUT2D eigenvalue weighted by atomic mass is 9.77. The molecule has 1 fully saturated rings. The fourth-order valence-corrected chi connectivity index (χ4v) is 4.46. The van der Waals surface area contributed by atoms with E-state index in [2.05, 4.69) is 67.9 Å². The number of alkyl halides is 1. The Morgan fingerprint density at radius 3 is 2.05 bits per heavy atom. The van der Waals surface area contributed by atoms with Gasteiger partial charge in [-0.25, -0.2) is 0 Å². The molecule has 0 N–H and O–H groups in total. The summed E-state index contributed by atoms with van der Waals surface area (Å²) >= 11 is 4.01. The van der Waals surface area contributed by atoms with Gasteiger partial charge < -0.3 is 0 Å². The highest BCUT2D eigenvalue weighted by Crippen LogP contribution is 2.54. The molecule has 0 heterocycles. The zero-order chi connectivity index (χ0) is 14.1. The van der Waals surface area contributed by atoms with Gasteiger partial charge in [0.2, 0.25) is 0 Å². The Hall–Kier alpha value is -0.300. The number of hydrogen-bond donors (Lipinski definition) is 0. The van der Waals surface area contributed by atoms with Gasteiger partial charge >= 0.3 is 0 Å². The first-order valence-electron chi connectivity index (χ1n) is 7.63. The van der Waals surface area contributed by atoms with Crippen LogP contribution in [0.25, 0.3) is 0 Å². The van der Waals surface area contributed by atoms with Crippen LogP contribution in [0.4, 0.5) is 0 Å². The molecule has 0 aliphatic heterocycles. The van der Waals surface area contributed by atoms with Crippen molar-refractivity contribution in [1.29, 1.82) is 0 Å². The third-order valence-electron chi connectivity index (χ3n) is 4.91. The van der Waals surface area contributed by atoms with Crippen molar-refractivity contribution < 1.29 is 0 Å². The molecule has 1 aliphatic carbocycles. The van der Waals surface area contributed by atoms with E-state index in [4.69, 9.17) is 0 Å². The summed E-state index contributed by atoms with van der Waals surface area (Å²) in [5, 5.41) is 0. The largest absolute Gasteiger partial charge is 0.0833 e. The predicted octanol–water partition coefficient (Wildman–Crippen LogP) is 6.39. The van der Waals surface area contributed by atoms with Crippen LogP contribution in [-0.4, -0.2) is 0 Å². The lowest BCUT2D eigenvalue weighted by Gasteiger charge is -2.34. The summed E-state index contributed by atoms with van der Waals surface area (Å²) in [6, 6.07) is 9.27. The molecule has 1 aliphatic rings. The molecule has 19 heavy (non-hydrogen) atoms. The first-order chi connectivity index (χ1) is 8.89. The molecule has 1 atom stereocenters. The van der Waals surface area contributed by atoms with Crippen LogP contribution in [0.3, 0.4) is 0 Å². The molecule has 0 amide bonds. The molecule has 0 radical (unpaired) electrons. The Kier molecular flexibility index (Phi) is 4.45. The lowest BCUT2D eigenvalue weighted by molar-refractivity contribution is 0.279. The van der Waals surface area contributed by atoms with Crippen LogP contribution in [0.15, 0.2) is 24.3 Å². The van der Waals surface area contributed by atoms with Crippen LogP contribution in [-0.2, 0) is 5.41 Å². The highest BCUT2D eigenvalue weighted by molar-refractivity contribution is 9.09. The Morgan fingerprint density at radius 2 is 1.63 bits per heavy atom. The van der Waals surface area contributed by atoms with Gasteiger partial charge in [0, 0.05) is 4.83 Å². The molecule has 1 aromatic rings. The molecular weight excluding hydrogens is 296 g/mol. The standard InChI is InChI=1S/C18H27Br/c1-5-18(12-6-7-13-18)16(19)14-8-10-15(11-9-14)17(2,3)4/h8-11,16H,5-7,12-13H2,1-4H3. The van der Waals surface area contributed by atoms with Gasteiger partial charge in [0.1, 0.15) is 0 Å². The van der Waals surface area contributed by atoms with Gasteiger partial charge in [-0.1, -0.05) is 80.7 Å². The molecule has 0 saturated heterocycles. The van der Waals surface area contributed by atoms with Gasteiger partial charge in [0.05, 0.1) is 0 Å². The van der Waals surface area contributed by atoms with Crippen molar-refractivity contribution in [3.05, 3.63) is 35.4 Å². The van der Waals surface area contributed by atoms with Crippen molar-refractivity contribution in [2.75, 3.05) is 0 Å². The molecule has 106 valence electrons. The highest BCUT2D eigenvalue weighted by atomic mass is 79.9. The minimum absolute atomic E-state index is 0.246. The van der Waals surface area contributed by atoms with Crippen LogP contribution in [0.5, 0.6) is 0 Å². The number of hydrogen-bond acceptors (Lipinski definition) is 0. The summed E-state index contributed by atoms with van der Waals surface area (Å²) in [5.74, 6) is 0. The van der Waals surface area contributed by atoms with Crippen molar-refractivity contribution >= 4 is 15.9 Å². The maximum absolute atomic E-state index is 4.01. The van der Waals surface area contributed by atoms with Gasteiger partial charge in [-0.15, -0.1) is 0 Å². The molecule has 0 nitrogen and oxygen atoms in total. The molecule has 2 rings (SSSR count). The van der Waals surface area contributed by atoms with Crippen LogP contribution in [0, 0.1) is 5.41 Å². The van der Waals surface area contributed by atoms with Gasteiger partial charge in [0.15, 0.2) is 0 Å². The Bertz CT molecular complexity index is 404. The van der Waals surface area contributed by atoms with Crippen LogP contribution in [0.1, 0.15) is 75.8 Å². The highest BCUT2D eigenvalue weighted by Gasteiger charge is 2.39. The topological polar surface area (TPSA) is 0 Å². The van der Waals surface area contributed by atoms with Crippen LogP contribution in [0.2, 0.25) is 0 Å². The van der Waals surface area contributed by atoms with E-state index in [9.17, 15) is 0 Å². The van der Waals surface area contributed by atoms with E-state index in [0.717, 1.165) is 0 Å².